The van der Waals surface area contributed by atoms with Crippen LogP contribution in [-0.4, -0.2) is 54.4 Å². The summed E-state index contributed by atoms with van der Waals surface area (Å²) in [5, 5.41) is 4.59. The largest absolute Gasteiger partial charge is 0.493 e. The lowest BCUT2D eigenvalue weighted by molar-refractivity contribution is 0.146. The van der Waals surface area contributed by atoms with E-state index in [9.17, 15) is 13.2 Å². The summed E-state index contributed by atoms with van der Waals surface area (Å²) in [7, 11) is -3.78. The molecule has 2 heterocycles. The van der Waals surface area contributed by atoms with Crippen molar-refractivity contribution in [2.45, 2.75) is 51.9 Å². The van der Waals surface area contributed by atoms with Gasteiger partial charge in [0, 0.05) is 26.2 Å². The number of fused-ring (bicyclic) bond motifs is 1. The van der Waals surface area contributed by atoms with E-state index in [1.807, 2.05) is 20.8 Å². The van der Waals surface area contributed by atoms with Gasteiger partial charge >= 0.3 is 0 Å². The lowest BCUT2D eigenvalue weighted by atomic mass is 10.2. The first-order valence-corrected chi connectivity index (χ1v) is 12.6. The van der Waals surface area contributed by atoms with Crippen molar-refractivity contribution < 1.29 is 17.9 Å². The Morgan fingerprint density at radius 3 is 2.67 bits per heavy atom. The van der Waals surface area contributed by atoms with Crippen LogP contribution in [0, 0.1) is 6.92 Å². The second kappa shape index (κ2) is 10.9. The molecule has 0 bridgehead atoms. The molecule has 0 radical (unpaired) electrons. The topological polar surface area (TPSA) is 128 Å². The molecule has 10 nitrogen and oxygen atoms in total. The average Bonchev–Trinajstić information content (AvgIpc) is 3.10. The maximum atomic E-state index is 12.9. The molecule has 2 N–H and O–H groups in total. The minimum Gasteiger partial charge on any atom is -0.493 e. The zero-order valence-corrected chi connectivity index (χ0v) is 20.3. The number of hydrogen-bond acceptors (Lipinski definition) is 7. The first-order valence-electron chi connectivity index (χ1n) is 11.2. The minimum atomic E-state index is -3.78. The van der Waals surface area contributed by atoms with E-state index >= 15 is 0 Å². The van der Waals surface area contributed by atoms with E-state index in [1.165, 1.54) is 16.6 Å². The highest BCUT2D eigenvalue weighted by Crippen LogP contribution is 2.30. The van der Waals surface area contributed by atoms with Gasteiger partial charge in [0.1, 0.15) is 11.6 Å². The number of imidazole rings is 1. The van der Waals surface area contributed by atoms with Crippen LogP contribution in [0.3, 0.4) is 0 Å². The zero-order valence-electron chi connectivity index (χ0n) is 19.5. The van der Waals surface area contributed by atoms with E-state index in [2.05, 4.69) is 19.8 Å². The first kappa shape index (κ1) is 24.9. The average molecular weight is 478 g/mol. The molecule has 0 atom stereocenters. The molecule has 0 saturated carbocycles. The van der Waals surface area contributed by atoms with Crippen molar-refractivity contribution in [3.8, 4) is 17.1 Å². The minimum absolute atomic E-state index is 0.0516. The van der Waals surface area contributed by atoms with Crippen molar-refractivity contribution >= 4 is 15.5 Å². The number of sulfonamides is 1. The molecule has 180 valence electrons. The van der Waals surface area contributed by atoms with Gasteiger partial charge in [0.15, 0.2) is 11.3 Å². The highest BCUT2D eigenvalue weighted by Gasteiger charge is 2.20. The van der Waals surface area contributed by atoms with Gasteiger partial charge in [-0.3, -0.25) is 4.79 Å². The number of aromatic amines is 1. The van der Waals surface area contributed by atoms with E-state index in [-0.39, 0.29) is 22.8 Å². The van der Waals surface area contributed by atoms with Crippen molar-refractivity contribution in [2.24, 2.45) is 0 Å². The van der Waals surface area contributed by atoms with Crippen LogP contribution in [0.1, 0.15) is 45.1 Å². The quantitative estimate of drug-likeness (QED) is 0.384. The Kier molecular flexibility index (Phi) is 8.22. The fourth-order valence-corrected chi connectivity index (χ4v) is 4.59. The van der Waals surface area contributed by atoms with Gasteiger partial charge in [-0.2, -0.15) is 0 Å². The Hall–Kier alpha value is -2.76. The normalized spacial score (nSPS) is 11.9. The number of aromatic nitrogens is 4. The number of nitrogens with one attached hydrogen (secondary N) is 2. The van der Waals surface area contributed by atoms with Gasteiger partial charge in [0.2, 0.25) is 10.0 Å². The molecule has 3 aromatic rings. The molecule has 0 amide bonds. The summed E-state index contributed by atoms with van der Waals surface area (Å²) in [5.74, 6) is 1.30. The molecule has 33 heavy (non-hydrogen) atoms. The number of aryl methyl sites for hydroxylation is 2. The van der Waals surface area contributed by atoms with Gasteiger partial charge < -0.3 is 14.5 Å². The van der Waals surface area contributed by atoms with Crippen molar-refractivity contribution in [3.63, 3.8) is 0 Å². The second-order valence-electron chi connectivity index (χ2n) is 7.47. The molecule has 1 aromatic carbocycles. The highest BCUT2D eigenvalue weighted by molar-refractivity contribution is 7.89. The van der Waals surface area contributed by atoms with Crippen LogP contribution < -0.4 is 15.0 Å². The lowest BCUT2D eigenvalue weighted by Gasteiger charge is -2.13. The monoisotopic (exact) mass is 477 g/mol. The van der Waals surface area contributed by atoms with Gasteiger partial charge in [-0.15, -0.1) is 5.10 Å². The Bertz CT molecular complexity index is 1270. The van der Waals surface area contributed by atoms with Crippen LogP contribution in [0.15, 0.2) is 27.9 Å². The van der Waals surface area contributed by atoms with E-state index in [1.54, 1.807) is 13.0 Å². The van der Waals surface area contributed by atoms with E-state index in [0.717, 1.165) is 6.42 Å². The van der Waals surface area contributed by atoms with Crippen LogP contribution in [0.25, 0.3) is 16.9 Å². The van der Waals surface area contributed by atoms with Gasteiger partial charge in [0.25, 0.3) is 5.56 Å². The molecule has 2 aromatic heterocycles. The highest BCUT2D eigenvalue weighted by atomic mass is 32.2. The summed E-state index contributed by atoms with van der Waals surface area (Å²) in [6, 6.07) is 4.51. The number of ether oxygens (including phenoxy) is 2. The lowest BCUT2D eigenvalue weighted by Crippen LogP contribution is -2.25. The third kappa shape index (κ3) is 5.60. The predicted octanol–water partition coefficient (Wildman–Crippen LogP) is 2.45. The van der Waals surface area contributed by atoms with Gasteiger partial charge in [-0.1, -0.05) is 6.92 Å². The van der Waals surface area contributed by atoms with Crippen molar-refractivity contribution in [1.82, 2.24) is 24.3 Å². The van der Waals surface area contributed by atoms with Crippen molar-refractivity contribution in [3.05, 3.63) is 40.1 Å². The summed E-state index contributed by atoms with van der Waals surface area (Å²) in [6.45, 7) is 9.18. The van der Waals surface area contributed by atoms with Crippen LogP contribution in [0.4, 0.5) is 0 Å². The molecule has 0 spiro atoms. The number of rotatable bonds is 12. The summed E-state index contributed by atoms with van der Waals surface area (Å²) < 4.78 is 40.7. The fourth-order valence-electron chi connectivity index (χ4n) is 3.49. The Morgan fingerprint density at radius 2 is 1.97 bits per heavy atom. The molecule has 0 saturated heterocycles. The summed E-state index contributed by atoms with van der Waals surface area (Å²) in [4.78, 5) is 20.1. The molecule has 0 aliphatic carbocycles. The molecule has 0 fully saturated rings. The number of nitrogens with zero attached hydrogens (tertiary/aromatic N) is 3. The van der Waals surface area contributed by atoms with E-state index in [4.69, 9.17) is 9.47 Å². The van der Waals surface area contributed by atoms with Gasteiger partial charge in [0.05, 0.1) is 22.8 Å². The number of H-pyrrole nitrogens is 1. The zero-order chi connectivity index (χ0) is 24.0. The summed E-state index contributed by atoms with van der Waals surface area (Å²) >= 11 is 0. The van der Waals surface area contributed by atoms with Crippen LogP contribution >= 0.6 is 0 Å². The Labute approximate surface area is 193 Å². The molecule has 3 rings (SSSR count). The molecular weight excluding hydrogens is 446 g/mol. The first-order chi connectivity index (χ1) is 15.8. The smallest absolute Gasteiger partial charge is 0.277 e. The van der Waals surface area contributed by atoms with E-state index in [0.29, 0.717) is 61.0 Å². The molecule has 0 aliphatic rings. The molecule has 11 heteroatoms. The van der Waals surface area contributed by atoms with Gasteiger partial charge in [-0.05, 0) is 51.8 Å². The van der Waals surface area contributed by atoms with E-state index < -0.39 is 10.0 Å². The molecule has 0 unspecified atom stereocenters. The molecular formula is C22H31N5O5S. The predicted molar refractivity (Wildman–Crippen MR) is 125 cm³/mol. The summed E-state index contributed by atoms with van der Waals surface area (Å²) in [5.41, 5.74) is 0.996. The third-order valence-electron chi connectivity index (χ3n) is 4.99. The van der Waals surface area contributed by atoms with Crippen LogP contribution in [-0.2, 0) is 21.2 Å². The molecule has 0 aliphatic heterocycles. The Balaban J connectivity index is 2.05. The van der Waals surface area contributed by atoms with Crippen LogP contribution in [0.5, 0.6) is 5.75 Å². The summed E-state index contributed by atoms with van der Waals surface area (Å²) in [6.07, 6.45) is 2.06. The second-order valence-corrected chi connectivity index (χ2v) is 9.23. The SMILES string of the molecule is CCCc1nc(C)c2c(=O)[nH]c(-c3cc(S(=O)(=O)NCCCOCC)ccc3OCC)nn12. The maximum absolute atomic E-state index is 12.9. The Morgan fingerprint density at radius 1 is 1.18 bits per heavy atom. The standard InChI is InChI=1S/C22H31N5O5S/c1-5-9-19-24-15(4)20-22(28)25-21(26-27(19)20)17-14-16(10-11-18(17)32-7-3)33(29,30)23-12-8-13-31-6-2/h10-11,14,23H,5-9,12-13H2,1-4H3,(H,25,26,28). The maximum Gasteiger partial charge on any atom is 0.277 e. The fraction of sp³-hybridized carbons (Fsp3) is 0.500. The van der Waals surface area contributed by atoms with Crippen molar-refractivity contribution in [1.29, 1.82) is 0 Å². The third-order valence-corrected chi connectivity index (χ3v) is 6.45. The number of hydrogen-bond donors (Lipinski definition) is 2. The van der Waals surface area contributed by atoms with Crippen LogP contribution in [0.2, 0.25) is 0 Å². The number of benzene rings is 1. The van der Waals surface area contributed by atoms with Gasteiger partial charge in [-0.25, -0.2) is 22.6 Å². The van der Waals surface area contributed by atoms with Crippen molar-refractivity contribution in [2.75, 3.05) is 26.4 Å².